The zero-order valence-electron chi connectivity index (χ0n) is 13.3. The van der Waals surface area contributed by atoms with Gasteiger partial charge in [0.05, 0.1) is 0 Å². The molecule has 0 aliphatic rings. The van der Waals surface area contributed by atoms with Crippen LogP contribution in [0.4, 0.5) is 0 Å². The molecule has 2 nitrogen and oxygen atoms in total. The molecule has 0 aromatic heterocycles. The first-order valence-corrected chi connectivity index (χ1v) is 7.95. The summed E-state index contributed by atoms with van der Waals surface area (Å²) in [6.07, 6.45) is 14.5. The van der Waals surface area contributed by atoms with Gasteiger partial charge in [-0.05, 0) is 25.0 Å². The van der Waals surface area contributed by atoms with Crippen molar-refractivity contribution in [1.29, 1.82) is 0 Å². The van der Waals surface area contributed by atoms with Crippen LogP contribution in [-0.2, 0) is 4.79 Å². The average Bonchev–Trinajstić information content (AvgIpc) is 2.45. The summed E-state index contributed by atoms with van der Waals surface area (Å²) >= 11 is 0. The molecular weight excluding hydrogens is 246 g/mol. The number of amides is 1. The molecule has 114 valence electrons. The van der Waals surface area contributed by atoms with E-state index in [1.54, 1.807) is 6.08 Å². The summed E-state index contributed by atoms with van der Waals surface area (Å²) in [5, 5.41) is 2.70. The monoisotopic (exact) mass is 277 g/mol. The summed E-state index contributed by atoms with van der Waals surface area (Å²) in [4.78, 5) is 12.1. The molecule has 0 saturated carbocycles. The van der Waals surface area contributed by atoms with Crippen molar-refractivity contribution in [1.82, 2.24) is 5.32 Å². The van der Waals surface area contributed by atoms with E-state index in [2.05, 4.69) is 32.3 Å². The zero-order valence-corrected chi connectivity index (χ0v) is 13.3. The molecule has 0 radical (unpaired) electrons. The molecule has 0 rings (SSSR count). The highest BCUT2D eigenvalue weighted by molar-refractivity contribution is 5.94. The van der Waals surface area contributed by atoms with Crippen LogP contribution in [0, 0.1) is 5.92 Å². The lowest BCUT2D eigenvalue weighted by molar-refractivity contribution is -0.117. The van der Waals surface area contributed by atoms with Gasteiger partial charge in [0.2, 0.25) is 0 Å². The summed E-state index contributed by atoms with van der Waals surface area (Å²) in [5.74, 6) is 0.307. The Hall–Kier alpha value is -1.31. The Labute approximate surface area is 125 Å². The third-order valence-electron chi connectivity index (χ3n) is 3.54. The number of allylic oxidation sites excluding steroid dienone is 2. The number of carbonyl (C=O) groups excluding carboxylic acids is 1. The Bertz CT molecular complexity index is 317. The maximum absolute atomic E-state index is 12.1. The lowest BCUT2D eigenvalue weighted by Gasteiger charge is -2.19. The van der Waals surface area contributed by atoms with Crippen molar-refractivity contribution in [3.8, 4) is 0 Å². The van der Waals surface area contributed by atoms with Gasteiger partial charge in [-0.15, -0.1) is 0 Å². The first-order chi connectivity index (χ1) is 9.71. The van der Waals surface area contributed by atoms with E-state index < -0.39 is 0 Å². The minimum Gasteiger partial charge on any atom is -0.329 e. The fraction of sp³-hybridized carbons (Fsp3) is 0.611. The van der Waals surface area contributed by atoms with Gasteiger partial charge >= 0.3 is 0 Å². The van der Waals surface area contributed by atoms with Crippen LogP contribution < -0.4 is 5.32 Å². The molecule has 1 N–H and O–H groups in total. The van der Waals surface area contributed by atoms with Crippen LogP contribution >= 0.6 is 0 Å². The molecule has 0 aromatic rings. The molecule has 0 fully saturated rings. The van der Waals surface area contributed by atoms with Gasteiger partial charge in [-0.3, -0.25) is 4.79 Å². The van der Waals surface area contributed by atoms with E-state index in [9.17, 15) is 4.79 Å². The number of hydrogen-bond acceptors (Lipinski definition) is 1. The summed E-state index contributed by atoms with van der Waals surface area (Å²) < 4.78 is 0. The molecule has 0 bridgehead atoms. The first kappa shape index (κ1) is 18.7. The van der Waals surface area contributed by atoms with Crippen molar-refractivity contribution in [3.63, 3.8) is 0 Å². The number of rotatable bonds is 12. The molecule has 1 unspecified atom stereocenters. The number of nitrogens with one attached hydrogen (secondary N) is 1. The maximum Gasteiger partial charge on any atom is 0.251 e. The summed E-state index contributed by atoms with van der Waals surface area (Å²) in [5.41, 5.74) is 0.852. The highest BCUT2D eigenvalue weighted by Gasteiger charge is 2.19. The molecule has 20 heavy (non-hydrogen) atoms. The fourth-order valence-corrected chi connectivity index (χ4v) is 2.42. The molecule has 2 heteroatoms. The number of hydrogen-bond donors (Lipinski definition) is 1. The highest BCUT2D eigenvalue weighted by Crippen LogP contribution is 2.25. The van der Waals surface area contributed by atoms with Crippen LogP contribution in [0.2, 0.25) is 0 Å². The Balaban J connectivity index is 4.73. The topological polar surface area (TPSA) is 29.1 Å². The highest BCUT2D eigenvalue weighted by atomic mass is 16.1. The normalized spacial score (nSPS) is 12.8. The second kappa shape index (κ2) is 12.7. The van der Waals surface area contributed by atoms with Crippen molar-refractivity contribution >= 4 is 5.91 Å². The van der Waals surface area contributed by atoms with E-state index in [0.717, 1.165) is 31.3 Å². The van der Waals surface area contributed by atoms with Crippen molar-refractivity contribution in [2.45, 2.75) is 65.2 Å². The predicted molar refractivity (Wildman–Crippen MR) is 88.4 cm³/mol. The van der Waals surface area contributed by atoms with E-state index in [1.807, 2.05) is 6.08 Å². The van der Waals surface area contributed by atoms with Crippen molar-refractivity contribution in [2.75, 3.05) is 0 Å². The molecular formula is C18H31NO. The van der Waals surface area contributed by atoms with Crippen LogP contribution in [-0.4, -0.2) is 5.91 Å². The Morgan fingerprint density at radius 3 is 2.25 bits per heavy atom. The third kappa shape index (κ3) is 7.98. The van der Waals surface area contributed by atoms with Crippen LogP contribution in [0.5, 0.6) is 0 Å². The molecule has 1 atom stereocenters. The Morgan fingerprint density at radius 2 is 1.70 bits per heavy atom. The van der Waals surface area contributed by atoms with Crippen LogP contribution in [0.3, 0.4) is 0 Å². The van der Waals surface area contributed by atoms with Crippen molar-refractivity contribution in [3.05, 3.63) is 37.1 Å². The molecule has 0 aliphatic heterocycles. The molecule has 0 aromatic carbocycles. The molecule has 1 amide bonds. The van der Waals surface area contributed by atoms with Gasteiger partial charge in [0.15, 0.2) is 0 Å². The van der Waals surface area contributed by atoms with Gasteiger partial charge in [-0.2, -0.15) is 0 Å². The SMILES string of the molecule is C=C/C=C(\C(=O)NC=C)C(CCCC)CCCCCC. The van der Waals surface area contributed by atoms with E-state index in [1.165, 1.54) is 31.9 Å². The third-order valence-corrected chi connectivity index (χ3v) is 3.54. The van der Waals surface area contributed by atoms with E-state index in [-0.39, 0.29) is 5.91 Å². The van der Waals surface area contributed by atoms with E-state index >= 15 is 0 Å². The quantitative estimate of drug-likeness (QED) is 0.299. The predicted octanol–water partition coefficient (Wildman–Crippen LogP) is 5.14. The van der Waals surface area contributed by atoms with Crippen molar-refractivity contribution < 1.29 is 4.79 Å². The molecule has 0 aliphatic carbocycles. The lowest BCUT2D eigenvalue weighted by atomic mass is 9.87. The minimum atomic E-state index is -0.0310. The summed E-state index contributed by atoms with van der Waals surface area (Å²) in [6.45, 7) is 11.7. The van der Waals surface area contributed by atoms with Crippen LogP contribution in [0.1, 0.15) is 65.2 Å². The summed E-state index contributed by atoms with van der Waals surface area (Å²) in [6, 6.07) is 0. The van der Waals surface area contributed by atoms with Crippen LogP contribution in [0.15, 0.2) is 37.1 Å². The van der Waals surface area contributed by atoms with Gasteiger partial charge in [0, 0.05) is 5.57 Å². The van der Waals surface area contributed by atoms with Gasteiger partial charge in [-0.25, -0.2) is 0 Å². The van der Waals surface area contributed by atoms with Gasteiger partial charge in [0.25, 0.3) is 5.91 Å². The first-order valence-electron chi connectivity index (χ1n) is 7.95. The minimum absolute atomic E-state index is 0.0310. The van der Waals surface area contributed by atoms with Gasteiger partial charge in [-0.1, -0.05) is 77.7 Å². The molecule has 0 saturated heterocycles. The van der Waals surface area contributed by atoms with E-state index in [0.29, 0.717) is 5.92 Å². The zero-order chi connectivity index (χ0) is 15.2. The number of carbonyl (C=O) groups is 1. The van der Waals surface area contributed by atoms with Crippen molar-refractivity contribution in [2.24, 2.45) is 5.92 Å². The Kier molecular flexibility index (Phi) is 11.9. The maximum atomic E-state index is 12.1. The Morgan fingerprint density at radius 1 is 1.05 bits per heavy atom. The van der Waals surface area contributed by atoms with E-state index in [4.69, 9.17) is 0 Å². The lowest BCUT2D eigenvalue weighted by Crippen LogP contribution is -2.24. The number of unbranched alkanes of at least 4 members (excludes halogenated alkanes) is 4. The smallest absolute Gasteiger partial charge is 0.251 e. The van der Waals surface area contributed by atoms with Crippen LogP contribution in [0.25, 0.3) is 0 Å². The van der Waals surface area contributed by atoms with Gasteiger partial charge < -0.3 is 5.32 Å². The molecule has 0 heterocycles. The second-order valence-corrected chi connectivity index (χ2v) is 5.22. The molecule has 0 spiro atoms. The second-order valence-electron chi connectivity index (χ2n) is 5.22. The fourth-order valence-electron chi connectivity index (χ4n) is 2.42. The van der Waals surface area contributed by atoms with Gasteiger partial charge in [0.1, 0.15) is 0 Å². The largest absolute Gasteiger partial charge is 0.329 e. The average molecular weight is 277 g/mol. The summed E-state index contributed by atoms with van der Waals surface area (Å²) in [7, 11) is 0. The standard InChI is InChI=1S/C18H31NO/c1-5-9-11-12-15-16(14-10-6-2)17(13-7-3)18(20)19-8-4/h7-8,13,16H,3-6,9-12,14-15H2,1-2H3,(H,19,20)/b17-13-.